The van der Waals surface area contributed by atoms with Crippen molar-refractivity contribution in [3.8, 4) is 0 Å². The Balaban J connectivity index is 3.14. The fourth-order valence-electron chi connectivity index (χ4n) is 2.12. The quantitative estimate of drug-likeness (QED) is 0.453. The van der Waals surface area contributed by atoms with Crippen molar-refractivity contribution in [3.63, 3.8) is 0 Å². The molecule has 2 atom stereocenters. The third-order valence-electron chi connectivity index (χ3n) is 3.04. The Morgan fingerprint density at radius 3 is 2.55 bits per heavy atom. The number of esters is 1. The van der Waals surface area contributed by atoms with E-state index in [2.05, 4.69) is 0 Å². The van der Waals surface area contributed by atoms with E-state index in [0.717, 1.165) is 0 Å². The van der Waals surface area contributed by atoms with E-state index in [0.29, 0.717) is 5.56 Å². The molecule has 108 valence electrons. The van der Waals surface area contributed by atoms with Gasteiger partial charge in [0, 0.05) is 12.1 Å². The van der Waals surface area contributed by atoms with Crippen molar-refractivity contribution in [3.05, 3.63) is 39.9 Å². The van der Waals surface area contributed by atoms with Crippen molar-refractivity contribution in [1.82, 2.24) is 0 Å². The summed E-state index contributed by atoms with van der Waals surface area (Å²) in [5, 5.41) is 10.8. The van der Waals surface area contributed by atoms with Gasteiger partial charge < -0.3 is 4.74 Å². The van der Waals surface area contributed by atoms with Gasteiger partial charge in [-0.25, -0.2) is 0 Å². The second kappa shape index (κ2) is 6.79. The predicted octanol–water partition coefficient (Wildman–Crippen LogP) is 2.47. The van der Waals surface area contributed by atoms with Crippen molar-refractivity contribution in [2.75, 3.05) is 6.61 Å². The highest BCUT2D eigenvalue weighted by Crippen LogP contribution is 2.29. The molecule has 0 radical (unpaired) electrons. The molecule has 0 bridgehead atoms. The van der Waals surface area contributed by atoms with E-state index in [1.54, 1.807) is 19.9 Å². The SMILES string of the molecule is CCOC(=O)C(C)C(C(C)=O)c1cccc([N+](=O)[O-])c1. The first-order chi connectivity index (χ1) is 9.38. The molecule has 1 aromatic carbocycles. The number of rotatable bonds is 6. The van der Waals surface area contributed by atoms with Crippen LogP contribution in [-0.4, -0.2) is 23.3 Å². The number of Topliss-reactive ketones (excluding diaryl/α,β-unsaturated/α-hetero) is 1. The van der Waals surface area contributed by atoms with Crippen LogP contribution in [-0.2, 0) is 14.3 Å². The molecule has 0 amide bonds. The number of carbonyl (C=O) groups excluding carboxylic acids is 2. The van der Waals surface area contributed by atoms with Crippen molar-refractivity contribution in [2.45, 2.75) is 26.7 Å². The highest BCUT2D eigenvalue weighted by Gasteiger charge is 2.31. The molecule has 0 N–H and O–H groups in total. The summed E-state index contributed by atoms with van der Waals surface area (Å²) in [6, 6.07) is 5.77. The molecule has 0 saturated carbocycles. The first-order valence-electron chi connectivity index (χ1n) is 6.29. The van der Waals surface area contributed by atoms with Crippen LogP contribution < -0.4 is 0 Å². The lowest BCUT2D eigenvalue weighted by Gasteiger charge is -2.20. The number of nitrogens with zero attached hydrogens (tertiary/aromatic N) is 1. The van der Waals surface area contributed by atoms with Crippen LogP contribution in [0.15, 0.2) is 24.3 Å². The highest BCUT2D eigenvalue weighted by atomic mass is 16.6. The maximum Gasteiger partial charge on any atom is 0.309 e. The van der Waals surface area contributed by atoms with E-state index in [-0.39, 0.29) is 18.1 Å². The van der Waals surface area contributed by atoms with E-state index in [1.807, 2.05) is 0 Å². The molecular weight excluding hydrogens is 262 g/mol. The normalized spacial score (nSPS) is 13.3. The van der Waals surface area contributed by atoms with E-state index in [9.17, 15) is 19.7 Å². The van der Waals surface area contributed by atoms with Gasteiger partial charge in [-0.2, -0.15) is 0 Å². The maximum atomic E-state index is 11.8. The second-order valence-electron chi connectivity index (χ2n) is 4.48. The van der Waals surface area contributed by atoms with Gasteiger partial charge in [0.25, 0.3) is 5.69 Å². The van der Waals surface area contributed by atoms with Gasteiger partial charge in [0.1, 0.15) is 5.78 Å². The van der Waals surface area contributed by atoms with Crippen LogP contribution in [0.25, 0.3) is 0 Å². The third kappa shape index (κ3) is 3.63. The largest absolute Gasteiger partial charge is 0.466 e. The van der Waals surface area contributed by atoms with Crippen LogP contribution in [0.2, 0.25) is 0 Å². The molecule has 0 aliphatic carbocycles. The summed E-state index contributed by atoms with van der Waals surface area (Å²) in [7, 11) is 0. The van der Waals surface area contributed by atoms with Crippen LogP contribution in [0.4, 0.5) is 5.69 Å². The fraction of sp³-hybridized carbons (Fsp3) is 0.429. The summed E-state index contributed by atoms with van der Waals surface area (Å²) in [5.74, 6) is -2.14. The van der Waals surface area contributed by atoms with Gasteiger partial charge in [-0.05, 0) is 19.4 Å². The molecule has 6 nitrogen and oxygen atoms in total. The topological polar surface area (TPSA) is 86.5 Å². The lowest BCUT2D eigenvalue weighted by molar-refractivity contribution is -0.384. The van der Waals surface area contributed by atoms with Gasteiger partial charge in [0.05, 0.1) is 23.4 Å². The molecule has 2 unspecified atom stereocenters. The minimum atomic E-state index is -0.742. The third-order valence-corrected chi connectivity index (χ3v) is 3.04. The van der Waals surface area contributed by atoms with Crippen molar-refractivity contribution in [1.29, 1.82) is 0 Å². The fourth-order valence-corrected chi connectivity index (χ4v) is 2.12. The summed E-state index contributed by atoms with van der Waals surface area (Å²) in [6.07, 6.45) is 0. The number of nitro groups is 1. The molecule has 6 heteroatoms. The van der Waals surface area contributed by atoms with Crippen LogP contribution in [0.1, 0.15) is 32.3 Å². The minimum Gasteiger partial charge on any atom is -0.466 e. The Labute approximate surface area is 116 Å². The Morgan fingerprint density at radius 2 is 2.05 bits per heavy atom. The highest BCUT2D eigenvalue weighted by molar-refractivity contribution is 5.89. The zero-order chi connectivity index (χ0) is 15.3. The maximum absolute atomic E-state index is 11.8. The lowest BCUT2D eigenvalue weighted by atomic mass is 9.84. The van der Waals surface area contributed by atoms with E-state index in [1.165, 1.54) is 25.1 Å². The molecule has 0 heterocycles. The number of non-ortho nitro benzene ring substituents is 1. The number of benzene rings is 1. The Bertz CT molecular complexity index is 526. The van der Waals surface area contributed by atoms with Gasteiger partial charge >= 0.3 is 5.97 Å². The molecule has 0 aliphatic heterocycles. The first-order valence-corrected chi connectivity index (χ1v) is 6.29. The standard InChI is InChI=1S/C14H17NO5/c1-4-20-14(17)9(2)13(10(3)16)11-6-5-7-12(8-11)15(18)19/h5-9,13H,4H2,1-3H3. The number of hydrogen-bond acceptors (Lipinski definition) is 5. The van der Waals surface area contributed by atoms with E-state index in [4.69, 9.17) is 4.74 Å². The number of ether oxygens (including phenoxy) is 1. The van der Waals surface area contributed by atoms with Gasteiger partial charge in [-0.1, -0.05) is 19.1 Å². The molecule has 0 spiro atoms. The summed E-state index contributed by atoms with van der Waals surface area (Å²) < 4.78 is 4.91. The van der Waals surface area contributed by atoms with Crippen LogP contribution in [0.5, 0.6) is 0 Å². The number of nitro benzene ring substituents is 1. The summed E-state index contributed by atoms with van der Waals surface area (Å²) in [6.45, 7) is 4.85. The molecule has 1 aromatic rings. The summed E-state index contributed by atoms with van der Waals surface area (Å²) in [4.78, 5) is 33.8. The Kier molecular flexibility index (Phi) is 5.37. The van der Waals surface area contributed by atoms with Gasteiger partial charge in [-0.15, -0.1) is 0 Å². The monoisotopic (exact) mass is 279 g/mol. The number of ketones is 1. The first kappa shape index (κ1) is 15.8. The smallest absolute Gasteiger partial charge is 0.309 e. The molecule has 0 aliphatic rings. The predicted molar refractivity (Wildman–Crippen MR) is 72.3 cm³/mol. The Hall–Kier alpha value is -2.24. The zero-order valence-corrected chi connectivity index (χ0v) is 11.7. The van der Waals surface area contributed by atoms with Gasteiger partial charge in [-0.3, -0.25) is 19.7 Å². The molecular formula is C14H17NO5. The summed E-state index contributed by atoms with van der Waals surface area (Å²) in [5.41, 5.74) is 0.345. The summed E-state index contributed by atoms with van der Waals surface area (Å²) >= 11 is 0. The van der Waals surface area contributed by atoms with E-state index >= 15 is 0 Å². The van der Waals surface area contributed by atoms with Crippen LogP contribution >= 0.6 is 0 Å². The van der Waals surface area contributed by atoms with Gasteiger partial charge in [0.2, 0.25) is 0 Å². The minimum absolute atomic E-state index is 0.107. The molecule has 0 fully saturated rings. The van der Waals surface area contributed by atoms with Crippen LogP contribution in [0, 0.1) is 16.0 Å². The Morgan fingerprint density at radius 1 is 1.40 bits per heavy atom. The van der Waals surface area contributed by atoms with Crippen LogP contribution in [0.3, 0.4) is 0 Å². The average Bonchev–Trinajstić information content (AvgIpc) is 2.39. The molecule has 20 heavy (non-hydrogen) atoms. The zero-order valence-electron chi connectivity index (χ0n) is 11.7. The molecule has 0 aromatic heterocycles. The van der Waals surface area contributed by atoms with Gasteiger partial charge in [0.15, 0.2) is 0 Å². The lowest BCUT2D eigenvalue weighted by Crippen LogP contribution is -2.26. The average molecular weight is 279 g/mol. The molecule has 1 rings (SSSR count). The van der Waals surface area contributed by atoms with Crippen molar-refractivity contribution >= 4 is 17.4 Å². The van der Waals surface area contributed by atoms with E-state index < -0.39 is 22.7 Å². The van der Waals surface area contributed by atoms with Crippen molar-refractivity contribution < 1.29 is 19.2 Å². The van der Waals surface area contributed by atoms with Crippen molar-refractivity contribution in [2.24, 2.45) is 5.92 Å². The second-order valence-corrected chi connectivity index (χ2v) is 4.48. The number of carbonyl (C=O) groups is 2. The number of hydrogen-bond donors (Lipinski definition) is 0. The molecule has 0 saturated heterocycles.